The fourth-order valence-corrected chi connectivity index (χ4v) is 4.74. The molecule has 3 aromatic rings. The van der Waals surface area contributed by atoms with E-state index >= 15 is 0 Å². The quantitative estimate of drug-likeness (QED) is 0.633. The van der Waals surface area contributed by atoms with Crippen molar-refractivity contribution in [2.75, 3.05) is 13.1 Å². The smallest absolute Gasteiger partial charge is 0.110 e. The van der Waals surface area contributed by atoms with Gasteiger partial charge in [0.05, 0.1) is 16.7 Å². The van der Waals surface area contributed by atoms with Gasteiger partial charge in [-0.3, -0.25) is 4.68 Å². The molecule has 0 spiro atoms. The molecule has 1 aliphatic heterocycles. The van der Waals surface area contributed by atoms with Crippen molar-refractivity contribution < 1.29 is 0 Å². The molecule has 2 N–H and O–H groups in total. The Morgan fingerprint density at radius 2 is 1.83 bits per heavy atom. The summed E-state index contributed by atoms with van der Waals surface area (Å²) >= 11 is 0. The molecule has 0 bridgehead atoms. The van der Waals surface area contributed by atoms with Crippen LogP contribution >= 0.6 is 24.8 Å². The topological polar surface area (TPSA) is 71.4 Å². The lowest BCUT2D eigenvalue weighted by molar-refractivity contribution is 0.279. The summed E-state index contributed by atoms with van der Waals surface area (Å²) in [7, 11) is 0. The molecule has 1 saturated heterocycles. The second-order valence-corrected chi connectivity index (χ2v) is 8.27. The van der Waals surface area contributed by atoms with Gasteiger partial charge in [-0.1, -0.05) is 17.3 Å². The van der Waals surface area contributed by atoms with Crippen molar-refractivity contribution in [1.82, 2.24) is 30.3 Å². The molecule has 8 heteroatoms. The molecule has 1 atom stereocenters. The third kappa shape index (κ3) is 4.93. The van der Waals surface area contributed by atoms with Crippen LogP contribution in [0.15, 0.2) is 30.5 Å². The largest absolute Gasteiger partial charge is 0.342 e. The predicted octanol–water partition coefficient (Wildman–Crippen LogP) is 4.44. The van der Waals surface area contributed by atoms with E-state index in [4.69, 9.17) is 4.98 Å². The number of H-pyrrole nitrogens is 1. The van der Waals surface area contributed by atoms with E-state index in [1.165, 1.54) is 44.3 Å². The standard InChI is InChI=1S/C21H28N6.2ClH/c1-2-6-19-18(5-1)23-21(24-19)16-9-7-15(8-10-16)13-27-14-20(25-26-27)17-4-3-11-22-12-17;;/h1-2,5-6,14-17,22H,3-4,7-13H2,(H,23,24);2*1H. The Morgan fingerprint density at radius 3 is 2.59 bits per heavy atom. The monoisotopic (exact) mass is 436 g/mol. The van der Waals surface area contributed by atoms with E-state index in [0.717, 1.165) is 36.4 Å². The van der Waals surface area contributed by atoms with Crippen molar-refractivity contribution in [3.05, 3.63) is 42.0 Å². The second kappa shape index (κ2) is 9.92. The van der Waals surface area contributed by atoms with Crippen molar-refractivity contribution >= 4 is 35.8 Å². The molecule has 0 radical (unpaired) electrons. The number of hydrogen-bond donors (Lipinski definition) is 2. The van der Waals surface area contributed by atoms with Gasteiger partial charge in [-0.15, -0.1) is 29.9 Å². The van der Waals surface area contributed by atoms with Gasteiger partial charge in [0.1, 0.15) is 5.82 Å². The molecule has 2 aliphatic rings. The summed E-state index contributed by atoms with van der Waals surface area (Å²) in [5, 5.41) is 12.3. The molecule has 0 amide bonds. The van der Waals surface area contributed by atoms with Crippen molar-refractivity contribution in [3.8, 4) is 0 Å². The first-order valence-electron chi connectivity index (χ1n) is 10.4. The van der Waals surface area contributed by atoms with Crippen molar-refractivity contribution in [1.29, 1.82) is 0 Å². The predicted molar refractivity (Wildman–Crippen MR) is 120 cm³/mol. The van der Waals surface area contributed by atoms with E-state index in [1.807, 2.05) is 0 Å². The van der Waals surface area contributed by atoms with Gasteiger partial charge in [-0.25, -0.2) is 4.98 Å². The molecule has 2 fully saturated rings. The van der Waals surface area contributed by atoms with Crippen LogP contribution in [0.4, 0.5) is 0 Å². The summed E-state index contributed by atoms with van der Waals surface area (Å²) in [6.45, 7) is 3.18. The van der Waals surface area contributed by atoms with Crippen molar-refractivity contribution in [3.63, 3.8) is 0 Å². The molecule has 1 saturated carbocycles. The number of nitrogens with zero attached hydrogens (tertiary/aromatic N) is 4. The number of benzene rings is 1. The van der Waals surface area contributed by atoms with E-state index in [2.05, 4.69) is 55.8 Å². The van der Waals surface area contributed by atoms with Crippen molar-refractivity contribution in [2.45, 2.75) is 56.9 Å². The zero-order valence-electron chi connectivity index (χ0n) is 16.6. The molecule has 1 aliphatic carbocycles. The van der Waals surface area contributed by atoms with Gasteiger partial charge in [0.15, 0.2) is 0 Å². The third-order valence-electron chi connectivity index (χ3n) is 6.36. The number of fused-ring (bicyclic) bond motifs is 1. The third-order valence-corrected chi connectivity index (χ3v) is 6.36. The molecule has 29 heavy (non-hydrogen) atoms. The molecule has 1 unspecified atom stereocenters. The minimum Gasteiger partial charge on any atom is -0.342 e. The van der Waals surface area contributed by atoms with E-state index < -0.39 is 0 Å². The lowest BCUT2D eigenvalue weighted by atomic mass is 9.81. The van der Waals surface area contributed by atoms with Crippen LogP contribution in [0.2, 0.25) is 0 Å². The van der Waals surface area contributed by atoms with E-state index in [9.17, 15) is 0 Å². The Bertz CT molecular complexity index is 860. The lowest BCUT2D eigenvalue weighted by Crippen LogP contribution is -2.28. The molecule has 2 aromatic heterocycles. The summed E-state index contributed by atoms with van der Waals surface area (Å²) in [6.07, 6.45) is 9.54. The fourth-order valence-electron chi connectivity index (χ4n) is 4.74. The van der Waals surface area contributed by atoms with Crippen LogP contribution in [-0.2, 0) is 6.54 Å². The van der Waals surface area contributed by atoms with Gasteiger partial charge in [0.2, 0.25) is 0 Å². The Kier molecular flexibility index (Phi) is 7.55. The summed E-state index contributed by atoms with van der Waals surface area (Å²) in [5.74, 6) is 2.97. The van der Waals surface area contributed by atoms with Crippen LogP contribution in [0.3, 0.4) is 0 Å². The first-order chi connectivity index (χ1) is 13.3. The summed E-state index contributed by atoms with van der Waals surface area (Å²) in [5.41, 5.74) is 3.40. The zero-order valence-corrected chi connectivity index (χ0v) is 18.2. The van der Waals surface area contributed by atoms with Crippen LogP contribution in [0, 0.1) is 5.92 Å². The average molecular weight is 437 g/mol. The fraction of sp³-hybridized carbons (Fsp3) is 0.571. The van der Waals surface area contributed by atoms with Crippen LogP contribution in [-0.4, -0.2) is 38.1 Å². The number of hydrogen-bond acceptors (Lipinski definition) is 4. The number of aromatic amines is 1. The molecule has 5 rings (SSSR count). The van der Waals surface area contributed by atoms with Crippen molar-refractivity contribution in [2.24, 2.45) is 5.92 Å². The second-order valence-electron chi connectivity index (χ2n) is 8.27. The average Bonchev–Trinajstić information content (AvgIpc) is 3.36. The Morgan fingerprint density at radius 1 is 1.00 bits per heavy atom. The molecule has 6 nitrogen and oxygen atoms in total. The molecular weight excluding hydrogens is 407 g/mol. The van der Waals surface area contributed by atoms with Gasteiger partial charge in [0, 0.05) is 31.1 Å². The minimum atomic E-state index is 0. The zero-order chi connectivity index (χ0) is 18.1. The first kappa shape index (κ1) is 22.1. The number of imidazole rings is 1. The summed E-state index contributed by atoms with van der Waals surface area (Å²) in [6, 6.07) is 8.32. The number of para-hydroxylation sites is 2. The van der Waals surface area contributed by atoms with Gasteiger partial charge >= 0.3 is 0 Å². The maximum atomic E-state index is 4.81. The highest BCUT2D eigenvalue weighted by Crippen LogP contribution is 2.36. The maximum Gasteiger partial charge on any atom is 0.110 e. The molecular formula is C21H30Cl2N6. The maximum absolute atomic E-state index is 4.81. The van der Waals surface area contributed by atoms with Gasteiger partial charge in [0.25, 0.3) is 0 Å². The highest BCUT2D eigenvalue weighted by atomic mass is 35.5. The molecule has 1 aromatic carbocycles. The van der Waals surface area contributed by atoms with E-state index in [-0.39, 0.29) is 24.8 Å². The van der Waals surface area contributed by atoms with Crippen LogP contribution in [0.25, 0.3) is 11.0 Å². The van der Waals surface area contributed by atoms with Crippen LogP contribution in [0.5, 0.6) is 0 Å². The lowest BCUT2D eigenvalue weighted by Gasteiger charge is -2.27. The first-order valence-corrected chi connectivity index (χ1v) is 10.4. The summed E-state index contributed by atoms with van der Waals surface area (Å²) in [4.78, 5) is 8.34. The summed E-state index contributed by atoms with van der Waals surface area (Å²) < 4.78 is 2.08. The van der Waals surface area contributed by atoms with Crippen LogP contribution < -0.4 is 5.32 Å². The Hall–Kier alpha value is -1.63. The van der Waals surface area contributed by atoms with Gasteiger partial charge in [-0.05, 0) is 63.1 Å². The van der Waals surface area contributed by atoms with Gasteiger partial charge in [-0.2, -0.15) is 0 Å². The SMILES string of the molecule is Cl.Cl.c1ccc2[nH]c(C3CCC(Cn4cc(C5CCCNC5)nn4)CC3)nc2c1. The number of aromatic nitrogens is 5. The van der Waals surface area contributed by atoms with Gasteiger partial charge < -0.3 is 10.3 Å². The highest BCUT2D eigenvalue weighted by molar-refractivity contribution is 5.85. The van der Waals surface area contributed by atoms with E-state index in [1.54, 1.807) is 0 Å². The minimum absolute atomic E-state index is 0. The number of nitrogens with one attached hydrogen (secondary N) is 2. The number of halogens is 2. The number of piperidine rings is 1. The highest BCUT2D eigenvalue weighted by Gasteiger charge is 2.25. The Labute approximate surface area is 184 Å². The number of rotatable bonds is 4. The van der Waals surface area contributed by atoms with Crippen LogP contribution in [0.1, 0.15) is 61.9 Å². The molecule has 158 valence electrons. The Balaban J connectivity index is 0.00000120. The normalized spacial score (nSPS) is 24.6. The van der Waals surface area contributed by atoms with E-state index in [0.29, 0.717) is 17.8 Å². The molecule has 3 heterocycles.